The van der Waals surface area contributed by atoms with E-state index in [4.69, 9.17) is 9.47 Å². The molecule has 2 aromatic carbocycles. The summed E-state index contributed by atoms with van der Waals surface area (Å²) in [4.78, 5) is 4.70. The number of fused-ring (bicyclic) bond motifs is 1. The highest BCUT2D eigenvalue weighted by molar-refractivity contribution is 7.91. The Bertz CT molecular complexity index is 992. The van der Waals surface area contributed by atoms with Crippen molar-refractivity contribution < 1.29 is 17.9 Å². The molecule has 0 unspecified atom stereocenters. The van der Waals surface area contributed by atoms with Gasteiger partial charge in [0.1, 0.15) is 13.2 Å². The average molecular weight is 429 g/mol. The lowest BCUT2D eigenvalue weighted by Crippen LogP contribution is -2.40. The third-order valence-electron chi connectivity index (χ3n) is 6.35. The summed E-state index contributed by atoms with van der Waals surface area (Å²) in [5.41, 5.74) is 3.69. The number of rotatable bonds is 4. The van der Waals surface area contributed by atoms with Gasteiger partial charge in [0.25, 0.3) is 0 Å². The van der Waals surface area contributed by atoms with Crippen molar-refractivity contribution in [2.45, 2.75) is 25.4 Å². The van der Waals surface area contributed by atoms with E-state index in [1.54, 1.807) is 0 Å². The Balaban J connectivity index is 1.26. The van der Waals surface area contributed by atoms with Crippen LogP contribution in [0.2, 0.25) is 0 Å². The van der Waals surface area contributed by atoms with E-state index in [1.807, 2.05) is 6.07 Å². The molecule has 6 nitrogen and oxygen atoms in total. The first-order valence-corrected chi connectivity index (χ1v) is 12.6. The molecule has 0 bridgehead atoms. The van der Waals surface area contributed by atoms with Gasteiger partial charge in [-0.1, -0.05) is 18.2 Å². The van der Waals surface area contributed by atoms with Gasteiger partial charge in [-0.2, -0.15) is 0 Å². The summed E-state index contributed by atoms with van der Waals surface area (Å²) in [5.74, 6) is 2.20. The molecule has 0 N–H and O–H groups in total. The Morgan fingerprint density at radius 2 is 1.63 bits per heavy atom. The Hall–Kier alpha value is -2.25. The number of benzene rings is 2. The number of ether oxygens (including phenoxy) is 2. The normalized spacial score (nSPS) is 23.5. The maximum atomic E-state index is 11.7. The van der Waals surface area contributed by atoms with E-state index in [0.29, 0.717) is 32.3 Å². The SMILES string of the molecule is O=S1(=O)CCN(c2ccc(CN3CCC[C@H]3c3ccc4c(c3)OCCO4)cc2)CC1. The van der Waals surface area contributed by atoms with E-state index >= 15 is 0 Å². The molecule has 2 saturated heterocycles. The molecular weight excluding hydrogens is 400 g/mol. The molecule has 160 valence electrons. The lowest BCUT2D eigenvalue weighted by molar-refractivity contribution is 0.170. The monoisotopic (exact) mass is 428 g/mol. The van der Waals surface area contributed by atoms with Gasteiger partial charge >= 0.3 is 0 Å². The third-order valence-corrected chi connectivity index (χ3v) is 7.96. The molecule has 0 radical (unpaired) electrons. The number of hydrogen-bond donors (Lipinski definition) is 0. The van der Waals surface area contributed by atoms with Crippen LogP contribution in [-0.2, 0) is 16.4 Å². The number of likely N-dealkylation sites (tertiary alicyclic amines) is 1. The minimum atomic E-state index is -2.85. The van der Waals surface area contributed by atoms with Crippen LogP contribution in [0, 0.1) is 0 Å². The molecule has 7 heteroatoms. The maximum Gasteiger partial charge on any atom is 0.161 e. The highest BCUT2D eigenvalue weighted by Crippen LogP contribution is 2.38. The van der Waals surface area contributed by atoms with Gasteiger partial charge in [-0.3, -0.25) is 4.90 Å². The Morgan fingerprint density at radius 3 is 2.40 bits per heavy atom. The highest BCUT2D eigenvalue weighted by atomic mass is 32.2. The van der Waals surface area contributed by atoms with Crippen LogP contribution in [0.25, 0.3) is 0 Å². The van der Waals surface area contributed by atoms with Gasteiger partial charge in [0.2, 0.25) is 0 Å². The van der Waals surface area contributed by atoms with Crippen LogP contribution in [0.4, 0.5) is 5.69 Å². The van der Waals surface area contributed by atoms with Crippen molar-refractivity contribution in [2.24, 2.45) is 0 Å². The van der Waals surface area contributed by atoms with Gasteiger partial charge in [0.05, 0.1) is 11.5 Å². The molecule has 3 aliphatic rings. The summed E-state index contributed by atoms with van der Waals surface area (Å²) in [6, 6.07) is 15.4. The number of hydrogen-bond acceptors (Lipinski definition) is 6. The van der Waals surface area contributed by atoms with Gasteiger partial charge in [-0.05, 0) is 54.8 Å². The number of anilines is 1. The van der Waals surface area contributed by atoms with E-state index < -0.39 is 9.84 Å². The Morgan fingerprint density at radius 1 is 0.900 bits per heavy atom. The highest BCUT2D eigenvalue weighted by Gasteiger charge is 2.27. The second-order valence-corrected chi connectivity index (χ2v) is 10.6. The molecular formula is C23H28N2O4S. The van der Waals surface area contributed by atoms with E-state index in [-0.39, 0.29) is 11.5 Å². The van der Waals surface area contributed by atoms with Crippen LogP contribution in [-0.4, -0.2) is 57.7 Å². The van der Waals surface area contributed by atoms with Crippen LogP contribution in [0.15, 0.2) is 42.5 Å². The van der Waals surface area contributed by atoms with E-state index in [2.05, 4.69) is 46.2 Å². The molecule has 0 aliphatic carbocycles. The number of nitrogens with zero attached hydrogens (tertiary/aromatic N) is 2. The van der Waals surface area contributed by atoms with Crippen LogP contribution < -0.4 is 14.4 Å². The standard InChI is InChI=1S/C23H28N2O4S/c26-30(27)14-10-24(11-15-30)20-6-3-18(4-7-20)17-25-9-1-2-21(25)19-5-8-22-23(16-19)29-13-12-28-22/h3-8,16,21H,1-2,9-15,17H2/t21-/m0/s1. The smallest absolute Gasteiger partial charge is 0.161 e. The lowest BCUT2D eigenvalue weighted by Gasteiger charge is -2.29. The first-order valence-electron chi connectivity index (χ1n) is 10.8. The molecule has 0 amide bonds. The zero-order valence-corrected chi connectivity index (χ0v) is 17.9. The predicted molar refractivity (Wildman–Crippen MR) is 117 cm³/mol. The maximum absolute atomic E-state index is 11.7. The first-order chi connectivity index (χ1) is 14.6. The first kappa shape index (κ1) is 19.7. The van der Waals surface area contributed by atoms with Crippen molar-refractivity contribution in [3.8, 4) is 11.5 Å². The van der Waals surface area contributed by atoms with Gasteiger partial charge in [-0.15, -0.1) is 0 Å². The summed E-state index contributed by atoms with van der Waals surface area (Å²) >= 11 is 0. The summed E-state index contributed by atoms with van der Waals surface area (Å²) in [6.07, 6.45) is 2.35. The molecule has 2 aromatic rings. The molecule has 30 heavy (non-hydrogen) atoms. The van der Waals surface area contributed by atoms with E-state index in [1.165, 1.54) is 17.5 Å². The van der Waals surface area contributed by atoms with Crippen molar-refractivity contribution in [2.75, 3.05) is 49.3 Å². The van der Waals surface area contributed by atoms with Gasteiger partial charge < -0.3 is 14.4 Å². The Kier molecular flexibility index (Phi) is 5.33. The zero-order chi connectivity index (χ0) is 20.6. The van der Waals surface area contributed by atoms with Gasteiger partial charge in [0, 0.05) is 31.4 Å². The van der Waals surface area contributed by atoms with Crippen molar-refractivity contribution in [1.82, 2.24) is 4.90 Å². The summed E-state index contributed by atoms with van der Waals surface area (Å²) in [7, 11) is -2.85. The molecule has 0 saturated carbocycles. The fraction of sp³-hybridized carbons (Fsp3) is 0.478. The molecule has 0 spiro atoms. The molecule has 2 fully saturated rings. The quantitative estimate of drug-likeness (QED) is 0.746. The third kappa shape index (κ3) is 4.14. The topological polar surface area (TPSA) is 59.1 Å². The average Bonchev–Trinajstić information content (AvgIpc) is 3.22. The van der Waals surface area contributed by atoms with Crippen LogP contribution in [0.3, 0.4) is 0 Å². The minimum absolute atomic E-state index is 0.250. The van der Waals surface area contributed by atoms with Crippen molar-refractivity contribution in [3.05, 3.63) is 53.6 Å². The Labute approximate surface area is 178 Å². The van der Waals surface area contributed by atoms with Gasteiger partial charge in [-0.25, -0.2) is 8.42 Å². The summed E-state index contributed by atoms with van der Waals surface area (Å²) < 4.78 is 34.7. The van der Waals surface area contributed by atoms with Crippen LogP contribution in [0.5, 0.6) is 11.5 Å². The fourth-order valence-corrected chi connectivity index (χ4v) is 5.88. The molecule has 3 aliphatic heterocycles. The fourth-order valence-electron chi connectivity index (χ4n) is 4.68. The second kappa shape index (κ2) is 8.12. The van der Waals surface area contributed by atoms with E-state index in [9.17, 15) is 8.42 Å². The van der Waals surface area contributed by atoms with Crippen LogP contribution >= 0.6 is 0 Å². The summed E-state index contributed by atoms with van der Waals surface area (Å²) in [5, 5.41) is 0. The van der Waals surface area contributed by atoms with E-state index in [0.717, 1.165) is 36.7 Å². The van der Waals surface area contributed by atoms with Crippen LogP contribution in [0.1, 0.15) is 30.0 Å². The second-order valence-electron chi connectivity index (χ2n) is 8.34. The van der Waals surface area contributed by atoms with Crippen molar-refractivity contribution in [1.29, 1.82) is 0 Å². The predicted octanol–water partition coefficient (Wildman–Crippen LogP) is 3.03. The molecule has 3 heterocycles. The van der Waals surface area contributed by atoms with Crippen molar-refractivity contribution in [3.63, 3.8) is 0 Å². The summed E-state index contributed by atoms with van der Waals surface area (Å²) in [6.45, 7) is 4.39. The number of sulfone groups is 1. The largest absolute Gasteiger partial charge is 0.486 e. The van der Waals surface area contributed by atoms with Gasteiger partial charge in [0.15, 0.2) is 21.3 Å². The zero-order valence-electron chi connectivity index (χ0n) is 17.1. The minimum Gasteiger partial charge on any atom is -0.486 e. The van der Waals surface area contributed by atoms with Crippen molar-refractivity contribution >= 4 is 15.5 Å². The molecule has 5 rings (SSSR count). The molecule has 0 aromatic heterocycles. The lowest BCUT2D eigenvalue weighted by atomic mass is 10.0. The molecule has 1 atom stereocenters.